The number of nitrogens with zero attached hydrogens (tertiary/aromatic N) is 1. The number of carboxylic acids is 1. The number of H-pyrrole nitrogens is 1. The molecule has 0 aliphatic carbocycles. The zero-order valence-corrected chi connectivity index (χ0v) is 14.6. The van der Waals surface area contributed by atoms with Crippen molar-refractivity contribution in [3.63, 3.8) is 0 Å². The smallest absolute Gasteiger partial charge is 0.341 e. The first-order valence-corrected chi connectivity index (χ1v) is 8.22. The summed E-state index contributed by atoms with van der Waals surface area (Å²) in [5.41, 5.74) is 6.74. The number of rotatable bonds is 3. The Labute approximate surface area is 145 Å². The van der Waals surface area contributed by atoms with Gasteiger partial charge in [0.2, 0.25) is 5.43 Å². The molecule has 1 atom stereocenters. The molecule has 1 aromatic carbocycles. The molecule has 0 saturated carbocycles. The summed E-state index contributed by atoms with van der Waals surface area (Å²) in [4.78, 5) is 28.7. The van der Waals surface area contributed by atoms with Crippen LogP contribution >= 0.6 is 0 Å². The van der Waals surface area contributed by atoms with Gasteiger partial charge in [0, 0.05) is 25.3 Å². The molecule has 3 rings (SSSR count). The third-order valence-corrected chi connectivity index (χ3v) is 5.07. The molecule has 0 radical (unpaired) electrons. The number of aromatic amines is 1. The number of hydrogen-bond donors (Lipinski definition) is 3. The molecule has 0 spiro atoms. The Morgan fingerprint density at radius 1 is 1.44 bits per heavy atom. The average molecular weight is 345 g/mol. The number of aromatic nitrogens is 1. The lowest BCUT2D eigenvalue weighted by Gasteiger charge is -2.44. The number of pyridine rings is 1. The van der Waals surface area contributed by atoms with E-state index in [2.05, 4.69) is 23.7 Å². The summed E-state index contributed by atoms with van der Waals surface area (Å²) < 4.78 is 5.57. The predicted octanol–water partition coefficient (Wildman–Crippen LogP) is 1.80. The number of fused-ring (bicyclic) bond motifs is 1. The van der Waals surface area contributed by atoms with Crippen molar-refractivity contribution in [3.05, 3.63) is 34.1 Å². The van der Waals surface area contributed by atoms with E-state index in [1.165, 1.54) is 6.20 Å². The number of nitrogens with two attached hydrogens (primary N) is 1. The zero-order valence-electron chi connectivity index (χ0n) is 14.6. The number of hydrogen-bond acceptors (Lipinski definition) is 5. The first-order chi connectivity index (χ1) is 11.8. The normalized spacial score (nSPS) is 19.8. The van der Waals surface area contributed by atoms with Gasteiger partial charge >= 0.3 is 5.97 Å². The van der Waals surface area contributed by atoms with Gasteiger partial charge < -0.3 is 25.5 Å². The van der Waals surface area contributed by atoms with Crippen LogP contribution in [0.25, 0.3) is 10.9 Å². The van der Waals surface area contributed by atoms with Gasteiger partial charge in [-0.1, -0.05) is 13.8 Å². The average Bonchev–Trinajstić information content (AvgIpc) is 2.56. The summed E-state index contributed by atoms with van der Waals surface area (Å²) in [5, 5.41) is 9.42. The van der Waals surface area contributed by atoms with E-state index in [1.807, 2.05) is 6.07 Å². The largest absolute Gasteiger partial charge is 0.492 e. The fourth-order valence-electron chi connectivity index (χ4n) is 3.45. The highest BCUT2D eigenvalue weighted by molar-refractivity contribution is 5.96. The van der Waals surface area contributed by atoms with Crippen molar-refractivity contribution in [1.82, 2.24) is 4.98 Å². The summed E-state index contributed by atoms with van der Waals surface area (Å²) in [6.07, 6.45) is 2.08. The SMILES string of the molecule is COc1c(N2CCC(N)C(C)(C)C2)ccc2c(=O)c(C(=O)O)c[nH]c12. The van der Waals surface area contributed by atoms with Gasteiger partial charge in [-0.25, -0.2) is 4.79 Å². The van der Waals surface area contributed by atoms with Crippen LogP contribution in [0.5, 0.6) is 5.75 Å². The van der Waals surface area contributed by atoms with E-state index in [4.69, 9.17) is 15.6 Å². The van der Waals surface area contributed by atoms with Gasteiger partial charge in [0.25, 0.3) is 0 Å². The number of anilines is 1. The maximum atomic E-state index is 12.4. The molecule has 7 heteroatoms. The van der Waals surface area contributed by atoms with Gasteiger partial charge in [0.05, 0.1) is 23.7 Å². The quantitative estimate of drug-likeness (QED) is 0.783. The molecule has 1 aliphatic heterocycles. The maximum absolute atomic E-state index is 12.4. The molecule has 134 valence electrons. The Morgan fingerprint density at radius 3 is 2.76 bits per heavy atom. The van der Waals surface area contributed by atoms with Crippen molar-refractivity contribution in [3.8, 4) is 5.75 Å². The molecule has 0 amide bonds. The lowest BCUT2D eigenvalue weighted by Crippen LogP contribution is -2.52. The second-order valence-corrected chi connectivity index (χ2v) is 7.18. The second-order valence-electron chi connectivity index (χ2n) is 7.18. The van der Waals surface area contributed by atoms with Gasteiger partial charge in [-0.05, 0) is 24.0 Å². The lowest BCUT2D eigenvalue weighted by molar-refractivity contribution is 0.0695. The molecule has 2 heterocycles. The van der Waals surface area contributed by atoms with Crippen molar-refractivity contribution in [1.29, 1.82) is 0 Å². The first-order valence-electron chi connectivity index (χ1n) is 8.22. The lowest BCUT2D eigenvalue weighted by atomic mass is 9.79. The number of ether oxygens (including phenoxy) is 1. The Morgan fingerprint density at radius 2 is 2.16 bits per heavy atom. The van der Waals surface area contributed by atoms with E-state index in [9.17, 15) is 9.59 Å². The molecule has 1 unspecified atom stereocenters. The first kappa shape index (κ1) is 17.3. The highest BCUT2D eigenvalue weighted by Crippen LogP contribution is 2.38. The Balaban J connectivity index is 2.13. The maximum Gasteiger partial charge on any atom is 0.341 e. The zero-order chi connectivity index (χ0) is 18.4. The fourth-order valence-corrected chi connectivity index (χ4v) is 3.45. The van der Waals surface area contributed by atoms with Crippen molar-refractivity contribution < 1.29 is 14.6 Å². The molecule has 1 saturated heterocycles. The Hall–Kier alpha value is -2.54. The number of piperidine rings is 1. The Bertz CT molecular complexity index is 888. The number of benzene rings is 1. The summed E-state index contributed by atoms with van der Waals surface area (Å²) >= 11 is 0. The third-order valence-electron chi connectivity index (χ3n) is 5.07. The van der Waals surface area contributed by atoms with Crippen LogP contribution in [0.1, 0.15) is 30.6 Å². The summed E-state index contributed by atoms with van der Waals surface area (Å²) in [6.45, 7) is 5.84. The van der Waals surface area contributed by atoms with Crippen LogP contribution in [0.4, 0.5) is 5.69 Å². The predicted molar refractivity (Wildman–Crippen MR) is 96.7 cm³/mol. The van der Waals surface area contributed by atoms with Gasteiger partial charge in [-0.2, -0.15) is 0 Å². The molecule has 1 fully saturated rings. The molecule has 1 aliphatic rings. The highest BCUT2D eigenvalue weighted by atomic mass is 16.5. The number of carbonyl (C=O) groups is 1. The van der Waals surface area contributed by atoms with Gasteiger partial charge in [0.15, 0.2) is 5.75 Å². The van der Waals surface area contributed by atoms with Crippen molar-refractivity contribution in [2.75, 3.05) is 25.1 Å². The van der Waals surface area contributed by atoms with Gasteiger partial charge in [-0.15, -0.1) is 0 Å². The van der Waals surface area contributed by atoms with Crippen molar-refractivity contribution in [2.45, 2.75) is 26.3 Å². The molecule has 1 aromatic heterocycles. The topological polar surface area (TPSA) is 109 Å². The monoisotopic (exact) mass is 345 g/mol. The molecule has 25 heavy (non-hydrogen) atoms. The third kappa shape index (κ3) is 2.84. The summed E-state index contributed by atoms with van der Waals surface area (Å²) in [7, 11) is 1.54. The van der Waals surface area contributed by atoms with Crippen molar-refractivity contribution >= 4 is 22.6 Å². The molecular formula is C18H23N3O4. The molecule has 7 nitrogen and oxygen atoms in total. The van der Waals surface area contributed by atoms with E-state index >= 15 is 0 Å². The molecule has 4 N–H and O–H groups in total. The van der Waals surface area contributed by atoms with Gasteiger partial charge in [-0.3, -0.25) is 4.79 Å². The van der Waals surface area contributed by atoms with E-state index in [0.717, 1.165) is 25.2 Å². The van der Waals surface area contributed by atoms with Crippen LogP contribution < -0.4 is 20.8 Å². The molecular weight excluding hydrogens is 322 g/mol. The van der Waals surface area contributed by atoms with Crippen LogP contribution in [-0.4, -0.2) is 42.3 Å². The summed E-state index contributed by atoms with van der Waals surface area (Å²) in [5.74, 6) is -0.712. The number of methoxy groups -OCH3 is 1. The fraction of sp³-hybridized carbons (Fsp3) is 0.444. The summed E-state index contributed by atoms with van der Waals surface area (Å²) in [6, 6.07) is 3.60. The minimum Gasteiger partial charge on any atom is -0.492 e. The van der Waals surface area contributed by atoms with Crippen LogP contribution in [0.15, 0.2) is 23.1 Å². The van der Waals surface area contributed by atoms with Crippen LogP contribution in [-0.2, 0) is 0 Å². The Kier molecular flexibility index (Phi) is 4.20. The number of nitrogens with one attached hydrogen (secondary N) is 1. The van der Waals surface area contributed by atoms with E-state index < -0.39 is 11.4 Å². The van der Waals surface area contributed by atoms with Crippen LogP contribution in [0, 0.1) is 5.41 Å². The van der Waals surface area contributed by atoms with Crippen LogP contribution in [0.3, 0.4) is 0 Å². The number of aromatic carboxylic acids is 1. The minimum atomic E-state index is -1.25. The van der Waals surface area contributed by atoms with E-state index in [0.29, 0.717) is 16.7 Å². The highest BCUT2D eigenvalue weighted by Gasteiger charge is 2.34. The second kappa shape index (κ2) is 6.07. The molecule has 2 aromatic rings. The van der Waals surface area contributed by atoms with E-state index in [1.54, 1.807) is 13.2 Å². The standard InChI is InChI=1S/C18H23N3O4/c1-18(2)9-21(7-6-13(18)19)12-5-4-10-14(16(12)25-3)20-8-11(15(10)22)17(23)24/h4-5,8,13H,6-7,9,19H2,1-3H3,(H,20,22)(H,23,24). The van der Waals surface area contributed by atoms with E-state index in [-0.39, 0.29) is 17.0 Å². The van der Waals surface area contributed by atoms with Gasteiger partial charge in [0.1, 0.15) is 5.56 Å². The van der Waals surface area contributed by atoms with Crippen molar-refractivity contribution in [2.24, 2.45) is 11.1 Å². The molecule has 0 bridgehead atoms. The number of carboxylic acid groups (broad SMARTS) is 1. The minimum absolute atomic E-state index is 0.0429. The van der Waals surface area contributed by atoms with Crippen LogP contribution in [0.2, 0.25) is 0 Å².